The molecular weight excluding hydrogens is 726 g/mol. The summed E-state index contributed by atoms with van der Waals surface area (Å²) in [6, 6.07) is 12.6. The highest BCUT2D eigenvalue weighted by molar-refractivity contribution is 7.90. The average Bonchev–Trinajstić information content (AvgIpc) is 3.42. The van der Waals surface area contributed by atoms with Crippen molar-refractivity contribution in [2.75, 3.05) is 25.7 Å². The second-order valence-electron chi connectivity index (χ2n) is 11.1. The van der Waals surface area contributed by atoms with Crippen LogP contribution < -0.4 is 22.0 Å². The summed E-state index contributed by atoms with van der Waals surface area (Å²) < 4.78 is 96.1. The van der Waals surface area contributed by atoms with E-state index in [1.54, 1.807) is 0 Å². The van der Waals surface area contributed by atoms with Gasteiger partial charge in [-0.15, -0.1) is 11.3 Å². The minimum Gasteiger partial charge on any atom is -0.334 e. The zero-order valence-electron chi connectivity index (χ0n) is 26.7. The molecule has 0 unspecified atom stereocenters. The van der Waals surface area contributed by atoms with Crippen LogP contribution in [0.2, 0.25) is 0 Å². The number of carbonyl (C=O) groups is 2. The number of alkyl halides is 3. The first-order valence-corrected chi connectivity index (χ1v) is 17.2. The summed E-state index contributed by atoms with van der Waals surface area (Å²) in [5.41, 5.74) is -0.446. The van der Waals surface area contributed by atoms with Crippen molar-refractivity contribution in [3.63, 3.8) is 0 Å². The lowest BCUT2D eigenvalue weighted by Gasteiger charge is -2.19. The normalized spacial score (nSPS) is 11.8. The predicted octanol–water partition coefficient (Wildman–Crippen LogP) is 4.81. The molecule has 19 heteroatoms. The Morgan fingerprint density at radius 2 is 1.55 bits per heavy atom. The van der Waals surface area contributed by atoms with Gasteiger partial charge in [-0.2, -0.15) is 13.2 Å². The van der Waals surface area contributed by atoms with Crippen LogP contribution in [-0.4, -0.2) is 61.0 Å². The third kappa shape index (κ3) is 7.54. The van der Waals surface area contributed by atoms with Crippen molar-refractivity contribution >= 4 is 49.0 Å². The van der Waals surface area contributed by atoms with Crippen molar-refractivity contribution in [3.05, 3.63) is 110 Å². The number of fused-ring (bicyclic) bond motifs is 1. The first-order chi connectivity index (χ1) is 23.9. The smallest absolute Gasteiger partial charge is 0.334 e. The van der Waals surface area contributed by atoms with Crippen LogP contribution >= 0.6 is 11.3 Å². The van der Waals surface area contributed by atoms with Crippen LogP contribution in [0.3, 0.4) is 0 Å². The molecule has 0 aliphatic heterocycles. The molecule has 0 fully saturated rings. The van der Waals surface area contributed by atoms with Crippen LogP contribution in [0.15, 0.2) is 81.2 Å². The van der Waals surface area contributed by atoms with E-state index in [1.165, 1.54) is 31.4 Å². The molecule has 2 heterocycles. The van der Waals surface area contributed by atoms with E-state index in [-0.39, 0.29) is 42.5 Å². The largest absolute Gasteiger partial charge is 0.471 e. The fourth-order valence-corrected chi connectivity index (χ4v) is 7.12. The van der Waals surface area contributed by atoms with E-state index in [0.29, 0.717) is 9.47 Å². The molecule has 0 saturated carbocycles. The van der Waals surface area contributed by atoms with E-state index in [9.17, 15) is 49.5 Å². The molecule has 0 aliphatic carbocycles. The van der Waals surface area contributed by atoms with Gasteiger partial charge >= 0.3 is 23.8 Å². The van der Waals surface area contributed by atoms with E-state index in [1.807, 2.05) is 0 Å². The zero-order chi connectivity index (χ0) is 37.4. The van der Waals surface area contributed by atoms with Gasteiger partial charge in [0.1, 0.15) is 16.5 Å². The molecular formula is C32H26F5N5O7S2. The molecule has 268 valence electrons. The average molecular weight is 752 g/mol. The Hall–Kier alpha value is -5.40. The van der Waals surface area contributed by atoms with Crippen LogP contribution in [-0.2, 0) is 32.6 Å². The molecule has 0 radical (unpaired) electrons. The van der Waals surface area contributed by atoms with Gasteiger partial charge in [0.25, 0.3) is 5.56 Å². The molecule has 0 saturated heterocycles. The number of halogens is 5. The highest BCUT2D eigenvalue weighted by atomic mass is 32.2. The highest BCUT2D eigenvalue weighted by Gasteiger charge is 2.41. The monoisotopic (exact) mass is 751 g/mol. The number of aromatic nitrogens is 2. The third-order valence-electron chi connectivity index (χ3n) is 7.56. The Morgan fingerprint density at radius 1 is 0.941 bits per heavy atom. The second-order valence-corrected chi connectivity index (χ2v) is 14.1. The Balaban J connectivity index is 1.84. The topological polar surface area (TPSA) is 149 Å². The lowest BCUT2D eigenvalue weighted by Crippen LogP contribution is -2.40. The summed E-state index contributed by atoms with van der Waals surface area (Å²) in [7, 11) is -1.64. The Morgan fingerprint density at radius 3 is 2.10 bits per heavy atom. The van der Waals surface area contributed by atoms with E-state index in [0.717, 1.165) is 71.7 Å². The molecule has 0 bridgehead atoms. The van der Waals surface area contributed by atoms with Crippen LogP contribution in [0.25, 0.3) is 26.3 Å². The number of carbonyl (C=O) groups excluding carboxylic acids is 2. The second kappa shape index (κ2) is 14.1. The Labute approximate surface area is 289 Å². The summed E-state index contributed by atoms with van der Waals surface area (Å²) in [6.45, 7) is -1.58. The number of urea groups is 1. The molecule has 12 nitrogen and oxygen atoms in total. The van der Waals surface area contributed by atoms with Crippen LogP contribution in [0.4, 0.5) is 32.4 Å². The van der Waals surface area contributed by atoms with Gasteiger partial charge in [0.15, 0.2) is 9.84 Å². The maximum atomic E-state index is 15.0. The summed E-state index contributed by atoms with van der Waals surface area (Å²) in [5.74, 6) is -4.30. The molecule has 5 aromatic rings. The van der Waals surface area contributed by atoms with Gasteiger partial charge in [-0.3, -0.25) is 19.0 Å². The van der Waals surface area contributed by atoms with E-state index in [2.05, 4.69) is 15.6 Å². The number of sulfone groups is 1. The number of rotatable bonds is 9. The van der Waals surface area contributed by atoms with Gasteiger partial charge in [0.05, 0.1) is 29.6 Å². The van der Waals surface area contributed by atoms with Crippen molar-refractivity contribution in [2.24, 2.45) is 0 Å². The fraction of sp³-hybridized carbons (Fsp3) is 0.188. The molecule has 2 N–H and O–H groups in total. The number of amides is 3. The molecule has 3 amide bonds. The number of hydroxylamine groups is 1. The van der Waals surface area contributed by atoms with Gasteiger partial charge in [-0.05, 0) is 54.1 Å². The maximum Gasteiger partial charge on any atom is 0.471 e. The van der Waals surface area contributed by atoms with Crippen molar-refractivity contribution in [2.45, 2.75) is 24.2 Å². The number of nitrogens with zero attached hydrogens (tertiary/aromatic N) is 3. The van der Waals surface area contributed by atoms with Crippen LogP contribution in [0, 0.1) is 11.6 Å². The van der Waals surface area contributed by atoms with Crippen molar-refractivity contribution in [1.29, 1.82) is 0 Å². The first kappa shape index (κ1) is 36.9. The van der Waals surface area contributed by atoms with Crippen molar-refractivity contribution in [3.8, 4) is 16.1 Å². The maximum absolute atomic E-state index is 15.0. The Bertz CT molecular complexity index is 2370. The number of thiophene rings is 1. The van der Waals surface area contributed by atoms with Crippen LogP contribution in [0.5, 0.6) is 0 Å². The molecule has 0 aliphatic rings. The van der Waals surface area contributed by atoms with Gasteiger partial charge in [-0.1, -0.05) is 18.2 Å². The summed E-state index contributed by atoms with van der Waals surface area (Å²) in [4.78, 5) is 57.3. The van der Waals surface area contributed by atoms with Crippen molar-refractivity contribution in [1.82, 2.24) is 19.5 Å². The molecule has 5 rings (SSSR count). The molecule has 51 heavy (non-hydrogen) atoms. The standard InChI is InChI=1S/C32H26F5N5O7S2/c1-40(29(44)32(35,36)37)15-22-25-27(43)42(19-11-13-20(14-12-19)51(3,47)48)31(46)41(16-21-23(33)5-4-6-24(21)34)28(25)50-26(22)17-7-9-18(10-8-17)38-30(45)39-49-2/h4-14H,15-16H2,1-3H3,(H2,38,39,45). The minimum atomic E-state index is -5.29. The predicted molar refractivity (Wildman–Crippen MR) is 177 cm³/mol. The van der Waals surface area contributed by atoms with Crippen LogP contribution in [0.1, 0.15) is 11.1 Å². The summed E-state index contributed by atoms with van der Waals surface area (Å²) in [5, 5.41) is 2.13. The zero-order valence-corrected chi connectivity index (χ0v) is 28.3. The SMILES string of the molecule is CONC(=O)Nc1ccc(-c2sc3c(c2CN(C)C(=O)C(F)(F)F)c(=O)n(-c2ccc(S(C)(=O)=O)cc2)c(=O)n3Cc2c(F)cccc2F)cc1. The first-order valence-electron chi connectivity index (χ1n) is 14.5. The fourth-order valence-electron chi connectivity index (χ4n) is 5.18. The lowest BCUT2D eigenvalue weighted by molar-refractivity contribution is -0.184. The van der Waals surface area contributed by atoms with Gasteiger partial charge in [0, 0.05) is 41.5 Å². The van der Waals surface area contributed by atoms with E-state index in [4.69, 9.17) is 0 Å². The molecule has 0 atom stereocenters. The third-order valence-corrected chi connectivity index (χ3v) is 9.99. The molecule has 0 spiro atoms. The Kier molecular flexibility index (Phi) is 10.2. The highest BCUT2D eigenvalue weighted by Crippen LogP contribution is 2.39. The van der Waals surface area contributed by atoms with Crippen molar-refractivity contribution < 1.29 is 44.8 Å². The molecule has 2 aromatic heterocycles. The number of nitrogens with one attached hydrogen (secondary N) is 2. The summed E-state index contributed by atoms with van der Waals surface area (Å²) in [6.07, 6.45) is -4.35. The minimum absolute atomic E-state index is 0.115. The number of benzene rings is 3. The molecule has 3 aromatic carbocycles. The van der Waals surface area contributed by atoms with E-state index < -0.39 is 69.5 Å². The number of hydrogen-bond acceptors (Lipinski definition) is 8. The lowest BCUT2D eigenvalue weighted by atomic mass is 10.1. The quantitative estimate of drug-likeness (QED) is 0.162. The van der Waals surface area contributed by atoms with Gasteiger partial charge in [-0.25, -0.2) is 36.8 Å². The number of hydrogen-bond donors (Lipinski definition) is 2. The van der Waals surface area contributed by atoms with E-state index >= 15 is 0 Å². The number of anilines is 1. The van der Waals surface area contributed by atoms with Gasteiger partial charge < -0.3 is 10.2 Å². The summed E-state index contributed by atoms with van der Waals surface area (Å²) >= 11 is 0.748. The van der Waals surface area contributed by atoms with Gasteiger partial charge in [0.2, 0.25) is 0 Å².